The van der Waals surface area contributed by atoms with Crippen LogP contribution >= 0.6 is 0 Å². The number of carbonyl (C=O) groups excluding carboxylic acids is 3. The minimum atomic E-state index is 0. The van der Waals surface area contributed by atoms with Gasteiger partial charge < -0.3 is 14.4 Å². The summed E-state index contributed by atoms with van der Waals surface area (Å²) in [7, 11) is 0. The Balaban J connectivity index is -0.00000000900. The molecule has 0 rings (SSSR count). The van der Waals surface area contributed by atoms with Crippen molar-refractivity contribution in [3.63, 3.8) is 0 Å². The third-order valence-corrected chi connectivity index (χ3v) is 0. The standard InChI is InChI=1S/3CHO.Ru/c3*1-2;/h3*1H;/q3*-1;+3. The van der Waals surface area contributed by atoms with Crippen LogP contribution in [-0.2, 0) is 33.9 Å². The minimum Gasteiger partial charge on any atom is -0.545 e. The molecule has 0 aromatic carbocycles. The number of rotatable bonds is 0. The van der Waals surface area contributed by atoms with Crippen LogP contribution < -0.4 is 0 Å². The van der Waals surface area contributed by atoms with Crippen molar-refractivity contribution in [2.75, 3.05) is 0 Å². The second-order valence-corrected chi connectivity index (χ2v) is 0. The quantitative estimate of drug-likeness (QED) is 0.283. The maximum absolute atomic E-state index is 7.75. The zero-order valence-electron chi connectivity index (χ0n) is 3.31. The first kappa shape index (κ1) is 30.4. The number of hydrogen-bond donors (Lipinski definition) is 0. The van der Waals surface area contributed by atoms with E-state index in [1.54, 1.807) is 0 Å². The van der Waals surface area contributed by atoms with Crippen LogP contribution in [0, 0.1) is 0 Å². The molecule has 0 amide bonds. The van der Waals surface area contributed by atoms with E-state index in [1.807, 2.05) is 0 Å². The van der Waals surface area contributed by atoms with E-state index in [2.05, 4.69) is 20.4 Å². The molecule has 0 aliphatic heterocycles. The first-order chi connectivity index (χ1) is 3.00. The van der Waals surface area contributed by atoms with Gasteiger partial charge in [0.25, 0.3) is 0 Å². The molecular weight excluding hydrogens is 185 g/mol. The molecule has 4 heteroatoms. The van der Waals surface area contributed by atoms with Gasteiger partial charge in [-0.05, 0) is 0 Å². The smallest absolute Gasteiger partial charge is 0.545 e. The van der Waals surface area contributed by atoms with E-state index >= 15 is 0 Å². The van der Waals surface area contributed by atoms with Crippen molar-refractivity contribution in [1.82, 2.24) is 0 Å². The fourth-order valence-corrected chi connectivity index (χ4v) is 0. The third-order valence-electron chi connectivity index (χ3n) is 0. The van der Waals surface area contributed by atoms with Gasteiger partial charge in [0.2, 0.25) is 0 Å². The normalized spacial score (nSPS) is 1.71. The van der Waals surface area contributed by atoms with Crippen molar-refractivity contribution in [2.24, 2.45) is 0 Å². The van der Waals surface area contributed by atoms with Gasteiger partial charge in [-0.2, -0.15) is 0 Å². The molecule has 0 unspecified atom stereocenters. The van der Waals surface area contributed by atoms with Crippen molar-refractivity contribution in [1.29, 1.82) is 0 Å². The van der Waals surface area contributed by atoms with Crippen molar-refractivity contribution < 1.29 is 33.9 Å². The fourth-order valence-electron chi connectivity index (χ4n) is 0. The summed E-state index contributed by atoms with van der Waals surface area (Å²) >= 11 is 0. The van der Waals surface area contributed by atoms with Gasteiger partial charge >= 0.3 is 19.5 Å². The summed E-state index contributed by atoms with van der Waals surface area (Å²) in [6.07, 6.45) is 0. The van der Waals surface area contributed by atoms with Gasteiger partial charge in [-0.3, -0.25) is 20.4 Å². The summed E-state index contributed by atoms with van der Waals surface area (Å²) in [6, 6.07) is 0. The van der Waals surface area contributed by atoms with Crippen LogP contribution in [0.4, 0.5) is 0 Å². The minimum absolute atomic E-state index is 0. The molecular formula is C3H3O3Ru. The molecule has 0 N–H and O–H groups in total. The first-order valence-electron chi connectivity index (χ1n) is 0.707. The monoisotopic (exact) mass is 189 g/mol. The van der Waals surface area contributed by atoms with Gasteiger partial charge in [0.1, 0.15) is 0 Å². The van der Waals surface area contributed by atoms with E-state index < -0.39 is 0 Å². The average molecular weight is 188 g/mol. The predicted molar refractivity (Wildman–Crippen MR) is 20.3 cm³/mol. The van der Waals surface area contributed by atoms with Crippen molar-refractivity contribution in [3.8, 4) is 0 Å². The van der Waals surface area contributed by atoms with Gasteiger partial charge in [0, 0.05) is 0 Å². The summed E-state index contributed by atoms with van der Waals surface area (Å²) < 4.78 is 0. The first-order valence-corrected chi connectivity index (χ1v) is 0.707. The Morgan fingerprint density at radius 2 is 0.571 bits per heavy atom. The van der Waals surface area contributed by atoms with E-state index in [0.29, 0.717) is 0 Å². The van der Waals surface area contributed by atoms with Gasteiger partial charge in [-0.1, -0.05) is 0 Å². The predicted octanol–water partition coefficient (Wildman–Crippen LogP) is -0.825. The zero-order chi connectivity index (χ0) is 6.00. The van der Waals surface area contributed by atoms with Gasteiger partial charge in [0.15, 0.2) is 0 Å². The van der Waals surface area contributed by atoms with Crippen LogP contribution in [0.15, 0.2) is 0 Å². The van der Waals surface area contributed by atoms with Crippen LogP contribution in [0.3, 0.4) is 0 Å². The topological polar surface area (TPSA) is 51.2 Å². The Bertz CT molecular complexity index is 14.9. The van der Waals surface area contributed by atoms with Crippen LogP contribution in [0.5, 0.6) is 0 Å². The summed E-state index contributed by atoms with van der Waals surface area (Å²) in [5.74, 6) is 0. The van der Waals surface area contributed by atoms with Gasteiger partial charge in [-0.15, -0.1) is 0 Å². The second kappa shape index (κ2) is 900. The van der Waals surface area contributed by atoms with E-state index in [4.69, 9.17) is 14.4 Å². The van der Waals surface area contributed by atoms with E-state index in [1.165, 1.54) is 0 Å². The molecule has 0 bridgehead atoms. The van der Waals surface area contributed by atoms with Crippen molar-refractivity contribution in [3.05, 3.63) is 0 Å². The number of hydrogen-bond acceptors (Lipinski definition) is 3. The molecule has 41 valence electrons. The maximum Gasteiger partial charge on any atom is 3.00 e. The van der Waals surface area contributed by atoms with Crippen LogP contribution in [0.25, 0.3) is 0 Å². The Morgan fingerprint density at radius 1 is 0.571 bits per heavy atom. The fraction of sp³-hybridized carbons (Fsp3) is 0. The van der Waals surface area contributed by atoms with Crippen LogP contribution in [0.2, 0.25) is 0 Å². The molecule has 0 spiro atoms. The molecule has 7 heavy (non-hydrogen) atoms. The van der Waals surface area contributed by atoms with Gasteiger partial charge in [-0.25, -0.2) is 0 Å². The molecule has 0 aromatic heterocycles. The molecule has 0 saturated carbocycles. The van der Waals surface area contributed by atoms with E-state index in [-0.39, 0.29) is 19.5 Å². The Labute approximate surface area is 54.8 Å². The summed E-state index contributed by atoms with van der Waals surface area (Å²) in [5, 5.41) is 0. The Morgan fingerprint density at radius 3 is 0.571 bits per heavy atom. The molecule has 1 radical (unpaired) electrons. The molecule has 0 aliphatic rings. The molecule has 0 fully saturated rings. The summed E-state index contributed by atoms with van der Waals surface area (Å²) in [4.78, 5) is 23.2. The third kappa shape index (κ3) is 553. The molecule has 0 heterocycles. The summed E-state index contributed by atoms with van der Waals surface area (Å²) in [6.45, 7) is 9.75. The molecule has 0 aliphatic carbocycles. The molecule has 0 atom stereocenters. The SMILES string of the molecule is [CH-]=O.[CH-]=O.[CH-]=O.[Ru+3]. The molecule has 0 saturated heterocycles. The maximum atomic E-state index is 7.75. The Hall–Kier alpha value is -0.367. The largest absolute Gasteiger partial charge is 3.00 e. The van der Waals surface area contributed by atoms with Crippen LogP contribution in [-0.4, -0.2) is 20.4 Å². The van der Waals surface area contributed by atoms with E-state index in [0.717, 1.165) is 0 Å². The summed E-state index contributed by atoms with van der Waals surface area (Å²) in [5.41, 5.74) is 0. The molecule has 0 aromatic rings. The van der Waals surface area contributed by atoms with Gasteiger partial charge in [0.05, 0.1) is 0 Å². The average Bonchev–Trinajstić information content (AvgIpc) is 1.81. The van der Waals surface area contributed by atoms with Crippen molar-refractivity contribution in [2.45, 2.75) is 0 Å². The molecule has 3 nitrogen and oxygen atoms in total. The zero-order valence-corrected chi connectivity index (χ0v) is 5.05. The Kier molecular flexibility index (Phi) is 3900. The van der Waals surface area contributed by atoms with Crippen LogP contribution in [0.1, 0.15) is 0 Å². The van der Waals surface area contributed by atoms with Crippen molar-refractivity contribution >= 4 is 20.4 Å². The second-order valence-electron chi connectivity index (χ2n) is 0. The van der Waals surface area contributed by atoms with E-state index in [9.17, 15) is 0 Å².